The van der Waals surface area contributed by atoms with Crippen molar-refractivity contribution in [3.8, 4) is 17.1 Å². The second kappa shape index (κ2) is 7.52. The molecule has 0 saturated heterocycles. The number of aromatic nitrogens is 3. The van der Waals surface area contributed by atoms with Crippen LogP contribution in [0, 0.1) is 0 Å². The van der Waals surface area contributed by atoms with E-state index in [1.807, 2.05) is 43.4 Å². The van der Waals surface area contributed by atoms with Gasteiger partial charge in [0.25, 0.3) is 5.56 Å². The van der Waals surface area contributed by atoms with E-state index in [-0.39, 0.29) is 22.9 Å². The van der Waals surface area contributed by atoms with Gasteiger partial charge in [-0.05, 0) is 36.4 Å². The van der Waals surface area contributed by atoms with Crippen molar-refractivity contribution in [1.29, 1.82) is 0 Å². The van der Waals surface area contributed by atoms with Gasteiger partial charge in [0.05, 0.1) is 25.8 Å². The molecule has 2 aromatic carbocycles. The monoisotopic (exact) mass is 391 g/mol. The molecule has 0 unspecified atom stereocenters. The maximum atomic E-state index is 13.4. The second-order valence-electron chi connectivity index (χ2n) is 6.72. The van der Waals surface area contributed by atoms with Crippen LogP contribution >= 0.6 is 0 Å². The van der Waals surface area contributed by atoms with Gasteiger partial charge in [0.1, 0.15) is 17.0 Å². The molecule has 0 aliphatic carbocycles. The van der Waals surface area contributed by atoms with Crippen LogP contribution in [-0.4, -0.2) is 34.9 Å². The SMILES string of the molecule is COCCn1c(-c2ccc(OC)cc2)nc2c(c(=O)c3ccccc3n2C)c1=O. The first-order chi connectivity index (χ1) is 14.1. The lowest BCUT2D eigenvalue weighted by Gasteiger charge is -2.16. The van der Waals surface area contributed by atoms with Crippen molar-refractivity contribution in [1.82, 2.24) is 14.1 Å². The zero-order valence-electron chi connectivity index (χ0n) is 16.5. The molecule has 7 nitrogen and oxygen atoms in total. The Labute approximate surface area is 166 Å². The summed E-state index contributed by atoms with van der Waals surface area (Å²) in [6.45, 7) is 0.611. The lowest BCUT2D eigenvalue weighted by atomic mass is 10.1. The van der Waals surface area contributed by atoms with Crippen LogP contribution in [-0.2, 0) is 18.3 Å². The van der Waals surface area contributed by atoms with E-state index in [1.54, 1.807) is 30.9 Å². The van der Waals surface area contributed by atoms with Gasteiger partial charge in [-0.2, -0.15) is 0 Å². The molecule has 7 heteroatoms. The second-order valence-corrected chi connectivity index (χ2v) is 6.72. The highest BCUT2D eigenvalue weighted by Crippen LogP contribution is 2.22. The molecule has 0 bridgehead atoms. The maximum Gasteiger partial charge on any atom is 0.267 e. The standard InChI is InChI=1S/C22H21N3O4/c1-24-17-7-5-4-6-16(17)19(26)18-21(24)23-20(25(22(18)27)12-13-28-2)14-8-10-15(29-3)11-9-14/h4-11H,12-13H2,1-3H3. The predicted octanol–water partition coefficient (Wildman–Crippen LogP) is 2.57. The minimum atomic E-state index is -0.371. The van der Waals surface area contributed by atoms with Crippen LogP contribution in [0.3, 0.4) is 0 Å². The third-order valence-corrected chi connectivity index (χ3v) is 5.07. The number of methoxy groups -OCH3 is 2. The van der Waals surface area contributed by atoms with Crippen molar-refractivity contribution in [3.63, 3.8) is 0 Å². The number of fused-ring (bicyclic) bond motifs is 2. The molecule has 0 atom stereocenters. The van der Waals surface area contributed by atoms with E-state index >= 15 is 0 Å². The number of pyridine rings is 1. The lowest BCUT2D eigenvalue weighted by Crippen LogP contribution is -2.30. The molecule has 4 rings (SSSR count). The summed E-state index contributed by atoms with van der Waals surface area (Å²) < 4.78 is 13.7. The number of nitrogens with zero attached hydrogens (tertiary/aromatic N) is 3. The van der Waals surface area contributed by atoms with Crippen molar-refractivity contribution in [2.75, 3.05) is 20.8 Å². The van der Waals surface area contributed by atoms with E-state index in [1.165, 1.54) is 4.57 Å². The van der Waals surface area contributed by atoms with Crippen molar-refractivity contribution in [2.24, 2.45) is 7.05 Å². The van der Waals surface area contributed by atoms with Gasteiger partial charge < -0.3 is 14.0 Å². The molecule has 0 aliphatic rings. The summed E-state index contributed by atoms with van der Waals surface area (Å²) in [4.78, 5) is 31.3. The molecule has 0 radical (unpaired) electrons. The van der Waals surface area contributed by atoms with Gasteiger partial charge in [-0.3, -0.25) is 14.2 Å². The number of ether oxygens (including phenoxy) is 2. The molecule has 0 amide bonds. The minimum absolute atomic E-state index is 0.0829. The topological polar surface area (TPSA) is 75.3 Å². The van der Waals surface area contributed by atoms with Crippen molar-refractivity contribution in [3.05, 3.63) is 69.1 Å². The van der Waals surface area contributed by atoms with E-state index in [4.69, 9.17) is 14.5 Å². The molecule has 4 aromatic rings. The van der Waals surface area contributed by atoms with E-state index in [0.29, 0.717) is 29.2 Å². The Morgan fingerprint density at radius 2 is 1.72 bits per heavy atom. The number of rotatable bonds is 5. The van der Waals surface area contributed by atoms with Crippen LogP contribution in [0.15, 0.2) is 58.1 Å². The number of hydrogen-bond donors (Lipinski definition) is 0. The van der Waals surface area contributed by atoms with Crippen molar-refractivity contribution in [2.45, 2.75) is 6.54 Å². The Morgan fingerprint density at radius 3 is 2.41 bits per heavy atom. The third-order valence-electron chi connectivity index (χ3n) is 5.07. The Balaban J connectivity index is 2.11. The average molecular weight is 391 g/mol. The van der Waals surface area contributed by atoms with Gasteiger partial charge in [-0.25, -0.2) is 4.98 Å². The Morgan fingerprint density at radius 1 is 1.00 bits per heavy atom. The van der Waals surface area contributed by atoms with Crippen LogP contribution in [0.1, 0.15) is 0 Å². The summed E-state index contributed by atoms with van der Waals surface area (Å²) in [5.74, 6) is 1.19. The van der Waals surface area contributed by atoms with Crippen LogP contribution in [0.2, 0.25) is 0 Å². The zero-order valence-corrected chi connectivity index (χ0v) is 16.5. The zero-order chi connectivity index (χ0) is 20.5. The van der Waals surface area contributed by atoms with Gasteiger partial charge >= 0.3 is 0 Å². The van der Waals surface area contributed by atoms with Crippen LogP contribution < -0.4 is 15.7 Å². The highest BCUT2D eigenvalue weighted by Gasteiger charge is 2.19. The molecule has 148 valence electrons. The van der Waals surface area contributed by atoms with Gasteiger partial charge in [0.2, 0.25) is 5.43 Å². The molecule has 2 aromatic heterocycles. The number of hydrogen-bond acceptors (Lipinski definition) is 5. The Hall–Kier alpha value is -3.45. The Bertz CT molecular complexity index is 1320. The fourth-order valence-electron chi connectivity index (χ4n) is 3.54. The molecule has 0 aliphatic heterocycles. The summed E-state index contributed by atoms with van der Waals surface area (Å²) in [6, 6.07) is 14.5. The molecule has 29 heavy (non-hydrogen) atoms. The van der Waals surface area contributed by atoms with Crippen LogP contribution in [0.5, 0.6) is 5.75 Å². The normalized spacial score (nSPS) is 11.3. The van der Waals surface area contributed by atoms with Gasteiger partial charge in [0, 0.05) is 25.1 Å². The maximum absolute atomic E-state index is 13.4. The highest BCUT2D eigenvalue weighted by molar-refractivity contribution is 5.91. The fourth-order valence-corrected chi connectivity index (χ4v) is 3.54. The largest absolute Gasteiger partial charge is 0.497 e. The van der Waals surface area contributed by atoms with Crippen LogP contribution in [0.4, 0.5) is 0 Å². The number of aryl methyl sites for hydroxylation is 1. The van der Waals surface area contributed by atoms with E-state index in [2.05, 4.69) is 0 Å². The summed E-state index contributed by atoms with van der Waals surface area (Å²) in [6.07, 6.45) is 0. The summed E-state index contributed by atoms with van der Waals surface area (Å²) in [7, 11) is 4.98. The lowest BCUT2D eigenvalue weighted by molar-refractivity contribution is 0.186. The third kappa shape index (κ3) is 3.09. The molecular formula is C22H21N3O4. The quantitative estimate of drug-likeness (QED) is 0.489. The van der Waals surface area contributed by atoms with Gasteiger partial charge in [-0.1, -0.05) is 12.1 Å². The van der Waals surface area contributed by atoms with Crippen LogP contribution in [0.25, 0.3) is 33.3 Å². The fraction of sp³-hybridized carbons (Fsp3) is 0.227. The van der Waals surface area contributed by atoms with Gasteiger partial charge in [-0.15, -0.1) is 0 Å². The first-order valence-corrected chi connectivity index (χ1v) is 9.22. The summed E-state index contributed by atoms with van der Waals surface area (Å²) in [5, 5.41) is 0.580. The average Bonchev–Trinajstić information content (AvgIpc) is 2.76. The number of benzene rings is 2. The van der Waals surface area contributed by atoms with E-state index in [9.17, 15) is 9.59 Å². The Kier molecular flexibility index (Phi) is 4.90. The van der Waals surface area contributed by atoms with Crippen molar-refractivity contribution >= 4 is 21.9 Å². The molecule has 2 heterocycles. The molecule has 0 saturated carbocycles. The summed E-state index contributed by atoms with van der Waals surface area (Å²) >= 11 is 0. The summed E-state index contributed by atoms with van der Waals surface area (Å²) in [5.41, 5.74) is 1.16. The first-order valence-electron chi connectivity index (χ1n) is 9.22. The van der Waals surface area contributed by atoms with E-state index < -0.39 is 0 Å². The predicted molar refractivity (Wildman–Crippen MR) is 113 cm³/mol. The molecular weight excluding hydrogens is 370 g/mol. The molecule has 0 fully saturated rings. The molecule has 0 spiro atoms. The van der Waals surface area contributed by atoms with Gasteiger partial charge in [0.15, 0.2) is 5.65 Å². The van der Waals surface area contributed by atoms with E-state index in [0.717, 1.165) is 11.1 Å². The molecule has 0 N–H and O–H groups in total. The number of para-hydroxylation sites is 1. The minimum Gasteiger partial charge on any atom is -0.497 e. The smallest absolute Gasteiger partial charge is 0.267 e. The first kappa shape index (κ1) is 18.9. The highest BCUT2D eigenvalue weighted by atomic mass is 16.5. The van der Waals surface area contributed by atoms with Crippen molar-refractivity contribution < 1.29 is 9.47 Å².